The quantitative estimate of drug-likeness (QED) is 0.512. The number of carbonyl (C=O) groups excluding carboxylic acids is 1. The summed E-state index contributed by atoms with van der Waals surface area (Å²) in [5, 5.41) is 0. The second-order valence-corrected chi connectivity index (χ2v) is 8.22. The Kier molecular flexibility index (Phi) is 7.24. The Morgan fingerprint density at radius 1 is 1.19 bits per heavy atom. The summed E-state index contributed by atoms with van der Waals surface area (Å²) in [6.07, 6.45) is -2.91. The zero-order chi connectivity index (χ0) is 20.1. The molecule has 0 saturated carbocycles. The Balaban J connectivity index is 1.96. The average molecular weight is 408 g/mol. The molecule has 1 saturated heterocycles. The lowest BCUT2D eigenvalue weighted by atomic mass is 10.2. The van der Waals surface area contributed by atoms with E-state index >= 15 is 0 Å². The van der Waals surface area contributed by atoms with Gasteiger partial charge in [-0.3, -0.25) is 9.69 Å². The highest BCUT2D eigenvalue weighted by Crippen LogP contribution is 2.31. The number of carbonyl (C=O) groups is 1. The first kappa shape index (κ1) is 21.6. The van der Waals surface area contributed by atoms with E-state index < -0.39 is 21.8 Å². The molecule has 6 nitrogen and oxygen atoms in total. The number of esters is 1. The van der Waals surface area contributed by atoms with Gasteiger partial charge in [0.2, 0.25) is 10.0 Å². The summed E-state index contributed by atoms with van der Waals surface area (Å²) in [6, 6.07) is 3.72. The molecular weight excluding hydrogens is 385 g/mol. The molecule has 0 atom stereocenters. The van der Waals surface area contributed by atoms with Crippen molar-refractivity contribution in [3.8, 4) is 0 Å². The third kappa shape index (κ3) is 5.91. The molecule has 0 N–H and O–H groups in total. The summed E-state index contributed by atoms with van der Waals surface area (Å²) in [6.45, 7) is 3.22. The van der Waals surface area contributed by atoms with Crippen LogP contribution in [0, 0.1) is 0 Å². The number of halogens is 3. The normalized spacial score (nSPS) is 17.0. The van der Waals surface area contributed by atoms with Crippen molar-refractivity contribution >= 4 is 16.0 Å². The van der Waals surface area contributed by atoms with E-state index in [1.54, 1.807) is 4.90 Å². The number of ether oxygens (including phenoxy) is 1. The van der Waals surface area contributed by atoms with E-state index in [4.69, 9.17) is 4.74 Å². The summed E-state index contributed by atoms with van der Waals surface area (Å²) >= 11 is 0. The van der Waals surface area contributed by atoms with Crippen molar-refractivity contribution in [2.45, 2.75) is 30.8 Å². The van der Waals surface area contributed by atoms with Crippen molar-refractivity contribution in [2.24, 2.45) is 0 Å². The highest BCUT2D eigenvalue weighted by atomic mass is 32.2. The molecule has 0 amide bonds. The summed E-state index contributed by atoms with van der Waals surface area (Å²) in [5.74, 6) is -0.363. The second kappa shape index (κ2) is 9.03. The average Bonchev–Trinajstić information content (AvgIpc) is 2.62. The first-order chi connectivity index (χ1) is 12.6. The maximum atomic E-state index is 12.8. The zero-order valence-electron chi connectivity index (χ0n) is 15.0. The fourth-order valence-corrected chi connectivity index (χ4v) is 4.14. The standard InChI is InChI=1S/C17H23F3N2O4S/c1-2-3-11-26-16(23)13-21-7-9-22(10-8-21)27(24,25)15-6-4-5-14(12-15)17(18,19)20/h4-6,12H,2-3,7-11,13H2,1H3. The van der Waals surface area contributed by atoms with Gasteiger partial charge in [-0.15, -0.1) is 0 Å². The van der Waals surface area contributed by atoms with E-state index in [9.17, 15) is 26.4 Å². The van der Waals surface area contributed by atoms with Gasteiger partial charge in [0, 0.05) is 26.2 Å². The number of piperazine rings is 1. The van der Waals surface area contributed by atoms with Crippen molar-refractivity contribution in [2.75, 3.05) is 39.3 Å². The predicted molar refractivity (Wildman–Crippen MR) is 92.5 cm³/mol. The van der Waals surface area contributed by atoms with Crippen molar-refractivity contribution in [1.29, 1.82) is 0 Å². The molecule has 1 aromatic rings. The van der Waals surface area contributed by atoms with Gasteiger partial charge in [-0.1, -0.05) is 19.4 Å². The Bertz CT molecular complexity index is 745. The largest absolute Gasteiger partial charge is 0.465 e. The van der Waals surface area contributed by atoms with E-state index in [1.165, 1.54) is 0 Å². The Morgan fingerprint density at radius 2 is 1.85 bits per heavy atom. The van der Waals surface area contributed by atoms with Gasteiger partial charge in [0.05, 0.1) is 23.6 Å². The number of unbranched alkanes of at least 4 members (excludes halogenated alkanes) is 1. The third-order valence-electron chi connectivity index (χ3n) is 4.24. The molecule has 1 aliphatic rings. The first-order valence-electron chi connectivity index (χ1n) is 8.70. The molecule has 1 fully saturated rings. The lowest BCUT2D eigenvalue weighted by molar-refractivity contribution is -0.145. The van der Waals surface area contributed by atoms with E-state index in [-0.39, 0.29) is 30.5 Å². The number of sulfonamides is 1. The Labute approximate surface area is 156 Å². The fraction of sp³-hybridized carbons (Fsp3) is 0.588. The van der Waals surface area contributed by atoms with Crippen molar-refractivity contribution in [1.82, 2.24) is 9.21 Å². The summed E-state index contributed by atoms with van der Waals surface area (Å²) in [4.78, 5) is 13.1. The lowest BCUT2D eigenvalue weighted by Gasteiger charge is -2.33. The van der Waals surface area contributed by atoms with Crippen LogP contribution >= 0.6 is 0 Å². The summed E-state index contributed by atoms with van der Waals surface area (Å²) < 4.78 is 69.9. The van der Waals surface area contributed by atoms with Crippen LogP contribution in [0.15, 0.2) is 29.2 Å². The van der Waals surface area contributed by atoms with Crippen molar-refractivity contribution < 1.29 is 31.1 Å². The topological polar surface area (TPSA) is 66.9 Å². The highest BCUT2D eigenvalue weighted by molar-refractivity contribution is 7.89. The minimum atomic E-state index is -4.61. The number of hydrogen-bond donors (Lipinski definition) is 0. The van der Waals surface area contributed by atoms with Gasteiger partial charge in [0.25, 0.3) is 0 Å². The van der Waals surface area contributed by atoms with Crippen LogP contribution in [-0.4, -0.2) is 62.9 Å². The minimum Gasteiger partial charge on any atom is -0.465 e. The smallest absolute Gasteiger partial charge is 0.416 e. The fourth-order valence-electron chi connectivity index (χ4n) is 2.67. The van der Waals surface area contributed by atoms with Crippen LogP contribution in [-0.2, 0) is 25.7 Å². The van der Waals surface area contributed by atoms with E-state index in [1.807, 2.05) is 6.92 Å². The third-order valence-corrected chi connectivity index (χ3v) is 6.14. The number of nitrogens with zero attached hydrogens (tertiary/aromatic N) is 2. The van der Waals surface area contributed by atoms with Gasteiger partial charge in [0.15, 0.2) is 0 Å². The molecule has 0 bridgehead atoms. The van der Waals surface area contributed by atoms with Gasteiger partial charge in [-0.2, -0.15) is 17.5 Å². The molecule has 0 aliphatic carbocycles. The SMILES string of the molecule is CCCCOC(=O)CN1CCN(S(=O)(=O)c2cccc(C(F)(F)F)c2)CC1. The maximum Gasteiger partial charge on any atom is 0.416 e. The summed E-state index contributed by atoms with van der Waals surface area (Å²) in [5.41, 5.74) is -1.00. The molecule has 1 heterocycles. The Morgan fingerprint density at radius 3 is 2.44 bits per heavy atom. The summed E-state index contributed by atoms with van der Waals surface area (Å²) in [7, 11) is -4.02. The van der Waals surface area contributed by atoms with Crippen LogP contribution in [0.1, 0.15) is 25.3 Å². The van der Waals surface area contributed by atoms with Gasteiger partial charge in [-0.25, -0.2) is 8.42 Å². The van der Waals surface area contributed by atoms with E-state index in [2.05, 4.69) is 0 Å². The first-order valence-corrected chi connectivity index (χ1v) is 10.1. The van der Waals surface area contributed by atoms with Crippen LogP contribution < -0.4 is 0 Å². The maximum absolute atomic E-state index is 12.8. The molecule has 1 aromatic carbocycles. The van der Waals surface area contributed by atoms with Gasteiger partial charge >= 0.3 is 12.1 Å². The molecular formula is C17H23F3N2O4S. The van der Waals surface area contributed by atoms with Crippen LogP contribution in [0.2, 0.25) is 0 Å². The molecule has 2 rings (SSSR count). The van der Waals surface area contributed by atoms with Crippen molar-refractivity contribution in [3.05, 3.63) is 29.8 Å². The molecule has 1 aliphatic heterocycles. The number of alkyl halides is 3. The lowest BCUT2D eigenvalue weighted by Crippen LogP contribution is -2.50. The predicted octanol–water partition coefficient (Wildman–Crippen LogP) is 2.36. The molecule has 27 heavy (non-hydrogen) atoms. The number of hydrogen-bond acceptors (Lipinski definition) is 5. The van der Waals surface area contributed by atoms with Crippen molar-refractivity contribution in [3.63, 3.8) is 0 Å². The zero-order valence-corrected chi connectivity index (χ0v) is 15.9. The molecule has 0 unspecified atom stereocenters. The van der Waals surface area contributed by atoms with E-state index in [0.717, 1.165) is 35.3 Å². The van der Waals surface area contributed by atoms with Crippen LogP contribution in [0.3, 0.4) is 0 Å². The number of rotatable bonds is 7. The molecule has 0 radical (unpaired) electrons. The molecule has 0 aromatic heterocycles. The van der Waals surface area contributed by atoms with Gasteiger partial charge in [0.1, 0.15) is 0 Å². The van der Waals surface area contributed by atoms with Crippen LogP contribution in [0.4, 0.5) is 13.2 Å². The molecule has 0 spiro atoms. The molecule has 152 valence electrons. The van der Waals surface area contributed by atoms with E-state index in [0.29, 0.717) is 25.8 Å². The van der Waals surface area contributed by atoms with Crippen LogP contribution in [0.25, 0.3) is 0 Å². The number of benzene rings is 1. The van der Waals surface area contributed by atoms with Gasteiger partial charge in [-0.05, 0) is 24.6 Å². The highest BCUT2D eigenvalue weighted by Gasteiger charge is 2.34. The monoisotopic (exact) mass is 408 g/mol. The Hall–Kier alpha value is -1.65. The van der Waals surface area contributed by atoms with Crippen LogP contribution in [0.5, 0.6) is 0 Å². The minimum absolute atomic E-state index is 0.0706. The second-order valence-electron chi connectivity index (χ2n) is 6.28. The molecule has 10 heteroatoms. The van der Waals surface area contributed by atoms with Gasteiger partial charge < -0.3 is 4.74 Å².